The quantitative estimate of drug-likeness (QED) is 0.344. The number of hydrogen-bond donors (Lipinski definition) is 2. The second kappa shape index (κ2) is 13.4. The number of para-hydroxylation sites is 1. The van der Waals surface area contributed by atoms with Crippen LogP contribution in [0.15, 0.2) is 54.6 Å². The van der Waals surface area contributed by atoms with Crippen LogP contribution < -0.4 is 5.32 Å². The average molecular weight is 368 g/mol. The van der Waals surface area contributed by atoms with Gasteiger partial charge in [0.1, 0.15) is 0 Å². The molecule has 0 heterocycles. The van der Waals surface area contributed by atoms with Crippen molar-refractivity contribution in [1.29, 1.82) is 0 Å². The highest BCUT2D eigenvalue weighted by Gasteiger charge is 2.05. The lowest BCUT2D eigenvalue weighted by Gasteiger charge is -2.11. The molecule has 148 valence electrons. The second-order valence-electron chi connectivity index (χ2n) is 7.64. The predicted molar refractivity (Wildman–Crippen MR) is 118 cm³/mol. The molecule has 1 atom stereocenters. The van der Waals surface area contributed by atoms with E-state index in [0.29, 0.717) is 0 Å². The van der Waals surface area contributed by atoms with Crippen LogP contribution in [0.3, 0.4) is 0 Å². The smallest absolute Gasteiger partial charge is 0.0543 e. The fourth-order valence-corrected chi connectivity index (χ4v) is 3.43. The molecule has 2 N–H and O–H groups in total. The maximum Gasteiger partial charge on any atom is 0.0543 e. The van der Waals surface area contributed by atoms with E-state index in [-0.39, 0.29) is 6.10 Å². The fourth-order valence-electron chi connectivity index (χ4n) is 3.43. The first-order chi connectivity index (χ1) is 13.3. The molecule has 0 aliphatic rings. The molecule has 0 bridgehead atoms. The van der Waals surface area contributed by atoms with Crippen LogP contribution >= 0.6 is 0 Å². The number of rotatable bonds is 14. The standard InChI is InChI=1S/C25H37NO/c1-2-3-4-5-6-7-8-12-15-25(27)21-18-22-16-19-24(20-17-22)26-23-13-10-9-11-14-23/h9-11,13-14,16-17,19-20,25-27H,2-8,12,15,18,21H2,1H3. The van der Waals surface area contributed by atoms with Gasteiger partial charge in [-0.15, -0.1) is 0 Å². The van der Waals surface area contributed by atoms with E-state index < -0.39 is 0 Å². The Morgan fingerprint density at radius 1 is 0.704 bits per heavy atom. The van der Waals surface area contributed by atoms with Crippen LogP contribution in [-0.2, 0) is 6.42 Å². The number of anilines is 2. The third-order valence-corrected chi connectivity index (χ3v) is 5.17. The summed E-state index contributed by atoms with van der Waals surface area (Å²) in [6.45, 7) is 2.26. The maximum absolute atomic E-state index is 10.2. The van der Waals surface area contributed by atoms with Gasteiger partial charge in [-0.2, -0.15) is 0 Å². The number of aliphatic hydroxyl groups is 1. The molecule has 0 saturated heterocycles. The molecule has 0 spiro atoms. The molecular weight excluding hydrogens is 330 g/mol. The first-order valence-corrected chi connectivity index (χ1v) is 10.9. The van der Waals surface area contributed by atoms with Crippen molar-refractivity contribution in [3.05, 3.63) is 60.2 Å². The predicted octanol–water partition coefficient (Wildman–Crippen LogP) is 7.25. The number of benzene rings is 2. The van der Waals surface area contributed by atoms with Gasteiger partial charge in [0.25, 0.3) is 0 Å². The van der Waals surface area contributed by atoms with Crippen molar-refractivity contribution in [2.24, 2.45) is 0 Å². The molecule has 2 heteroatoms. The van der Waals surface area contributed by atoms with Crippen molar-refractivity contribution < 1.29 is 5.11 Å². The van der Waals surface area contributed by atoms with Gasteiger partial charge in [0.05, 0.1) is 6.10 Å². The van der Waals surface area contributed by atoms with Crippen molar-refractivity contribution in [3.8, 4) is 0 Å². The highest BCUT2D eigenvalue weighted by molar-refractivity contribution is 5.59. The summed E-state index contributed by atoms with van der Waals surface area (Å²) in [4.78, 5) is 0. The van der Waals surface area contributed by atoms with E-state index in [1.54, 1.807) is 0 Å². The van der Waals surface area contributed by atoms with Crippen LogP contribution in [-0.4, -0.2) is 11.2 Å². The molecule has 2 rings (SSSR count). The summed E-state index contributed by atoms with van der Waals surface area (Å²) in [5, 5.41) is 13.6. The normalized spacial score (nSPS) is 12.1. The summed E-state index contributed by atoms with van der Waals surface area (Å²) in [6.07, 6.45) is 13.2. The van der Waals surface area contributed by atoms with Crippen molar-refractivity contribution in [1.82, 2.24) is 0 Å². The van der Waals surface area contributed by atoms with E-state index in [2.05, 4.69) is 48.6 Å². The molecule has 2 aromatic carbocycles. The Hall–Kier alpha value is -1.80. The number of unbranched alkanes of at least 4 members (excludes halogenated alkanes) is 7. The van der Waals surface area contributed by atoms with Crippen LogP contribution in [0.25, 0.3) is 0 Å². The topological polar surface area (TPSA) is 32.3 Å². The SMILES string of the molecule is CCCCCCCCCCC(O)CCc1ccc(Nc2ccccc2)cc1. The van der Waals surface area contributed by atoms with Gasteiger partial charge in [0.2, 0.25) is 0 Å². The van der Waals surface area contributed by atoms with E-state index >= 15 is 0 Å². The van der Waals surface area contributed by atoms with Gasteiger partial charge in [-0.3, -0.25) is 0 Å². The highest BCUT2D eigenvalue weighted by atomic mass is 16.3. The Bertz CT molecular complexity index is 593. The maximum atomic E-state index is 10.2. The molecule has 0 amide bonds. The minimum absolute atomic E-state index is 0.160. The first kappa shape index (κ1) is 21.5. The van der Waals surface area contributed by atoms with Crippen molar-refractivity contribution >= 4 is 11.4 Å². The summed E-state index contributed by atoms with van der Waals surface area (Å²) in [7, 11) is 0. The number of nitrogens with one attached hydrogen (secondary N) is 1. The lowest BCUT2D eigenvalue weighted by atomic mass is 10.0. The Labute approximate surface area is 166 Å². The van der Waals surface area contributed by atoms with Gasteiger partial charge in [-0.05, 0) is 49.1 Å². The van der Waals surface area contributed by atoms with Crippen LogP contribution in [0.4, 0.5) is 11.4 Å². The lowest BCUT2D eigenvalue weighted by molar-refractivity contribution is 0.151. The Kier molecular flexibility index (Phi) is 10.7. The Balaban J connectivity index is 1.56. The minimum atomic E-state index is -0.160. The molecule has 2 aromatic rings. The lowest BCUT2D eigenvalue weighted by Crippen LogP contribution is -2.07. The zero-order valence-electron chi connectivity index (χ0n) is 17.0. The second-order valence-corrected chi connectivity index (χ2v) is 7.64. The van der Waals surface area contributed by atoms with Gasteiger partial charge >= 0.3 is 0 Å². The van der Waals surface area contributed by atoms with E-state index in [1.807, 2.05) is 18.2 Å². The largest absolute Gasteiger partial charge is 0.393 e. The zero-order valence-corrected chi connectivity index (χ0v) is 17.0. The van der Waals surface area contributed by atoms with E-state index in [4.69, 9.17) is 0 Å². The molecule has 0 radical (unpaired) electrons. The molecule has 1 unspecified atom stereocenters. The zero-order chi connectivity index (χ0) is 19.2. The van der Waals surface area contributed by atoms with Crippen LogP contribution in [0, 0.1) is 0 Å². The van der Waals surface area contributed by atoms with Crippen LogP contribution in [0.5, 0.6) is 0 Å². The number of aryl methyl sites for hydroxylation is 1. The molecule has 0 fully saturated rings. The summed E-state index contributed by atoms with van der Waals surface area (Å²) in [6, 6.07) is 18.8. The van der Waals surface area contributed by atoms with Gasteiger partial charge in [0, 0.05) is 11.4 Å². The average Bonchev–Trinajstić information content (AvgIpc) is 2.70. The number of hydrogen-bond acceptors (Lipinski definition) is 2. The molecule has 0 aromatic heterocycles. The van der Waals surface area contributed by atoms with E-state index in [0.717, 1.165) is 37.1 Å². The molecule has 0 saturated carbocycles. The molecule has 2 nitrogen and oxygen atoms in total. The van der Waals surface area contributed by atoms with E-state index in [1.165, 1.54) is 50.5 Å². The third-order valence-electron chi connectivity index (χ3n) is 5.17. The van der Waals surface area contributed by atoms with Gasteiger partial charge < -0.3 is 10.4 Å². The van der Waals surface area contributed by atoms with Crippen molar-refractivity contribution in [2.45, 2.75) is 83.7 Å². The molecular formula is C25H37NO. The Morgan fingerprint density at radius 3 is 1.96 bits per heavy atom. The monoisotopic (exact) mass is 367 g/mol. The minimum Gasteiger partial charge on any atom is -0.393 e. The van der Waals surface area contributed by atoms with Crippen molar-refractivity contribution in [3.63, 3.8) is 0 Å². The van der Waals surface area contributed by atoms with Gasteiger partial charge in [-0.25, -0.2) is 0 Å². The van der Waals surface area contributed by atoms with Crippen molar-refractivity contribution in [2.75, 3.05) is 5.32 Å². The van der Waals surface area contributed by atoms with Gasteiger partial charge in [0.15, 0.2) is 0 Å². The summed E-state index contributed by atoms with van der Waals surface area (Å²) >= 11 is 0. The highest BCUT2D eigenvalue weighted by Crippen LogP contribution is 2.18. The molecule has 0 aliphatic carbocycles. The van der Waals surface area contributed by atoms with Crippen LogP contribution in [0.2, 0.25) is 0 Å². The first-order valence-electron chi connectivity index (χ1n) is 10.9. The molecule has 27 heavy (non-hydrogen) atoms. The number of aliphatic hydroxyl groups excluding tert-OH is 1. The summed E-state index contributed by atoms with van der Waals surface area (Å²) < 4.78 is 0. The summed E-state index contributed by atoms with van der Waals surface area (Å²) in [5.74, 6) is 0. The summed E-state index contributed by atoms with van der Waals surface area (Å²) in [5.41, 5.74) is 3.50. The fraction of sp³-hybridized carbons (Fsp3) is 0.520. The third kappa shape index (κ3) is 9.63. The van der Waals surface area contributed by atoms with E-state index in [9.17, 15) is 5.11 Å². The van der Waals surface area contributed by atoms with Crippen LogP contribution in [0.1, 0.15) is 76.7 Å². The van der Waals surface area contributed by atoms with Gasteiger partial charge in [-0.1, -0.05) is 88.6 Å². The molecule has 0 aliphatic heterocycles. The Morgan fingerprint density at radius 2 is 1.30 bits per heavy atom.